The number of halogens is 1. The lowest BCUT2D eigenvalue weighted by Gasteiger charge is -2.22. The maximum atomic E-state index is 9.70. The van der Waals surface area contributed by atoms with Crippen molar-refractivity contribution in [3.05, 3.63) is 23.8 Å². The third kappa shape index (κ3) is 4.84. The van der Waals surface area contributed by atoms with E-state index >= 15 is 0 Å². The van der Waals surface area contributed by atoms with Crippen LogP contribution < -0.4 is 10.5 Å². The lowest BCUT2D eigenvalue weighted by atomic mass is 10.0. The number of rotatable bonds is 3. The van der Waals surface area contributed by atoms with E-state index in [4.69, 9.17) is 10.5 Å². The lowest BCUT2D eigenvalue weighted by Crippen LogP contribution is -2.23. The largest absolute Gasteiger partial charge is 0.508 e. The quantitative estimate of drug-likeness (QED) is 0.875. The summed E-state index contributed by atoms with van der Waals surface area (Å²) in [6.07, 6.45) is 0.784. The van der Waals surface area contributed by atoms with Crippen LogP contribution in [-0.4, -0.2) is 10.7 Å². The Kier molecular flexibility index (Phi) is 5.79. The van der Waals surface area contributed by atoms with E-state index in [2.05, 4.69) is 0 Å². The van der Waals surface area contributed by atoms with Gasteiger partial charge in [0.2, 0.25) is 0 Å². The van der Waals surface area contributed by atoms with Crippen LogP contribution in [0.15, 0.2) is 18.2 Å². The average molecular weight is 260 g/mol. The summed E-state index contributed by atoms with van der Waals surface area (Å²) in [4.78, 5) is 0. The van der Waals surface area contributed by atoms with Crippen LogP contribution in [0, 0.1) is 0 Å². The fraction of sp³-hybridized carbons (Fsp3) is 0.538. The van der Waals surface area contributed by atoms with Gasteiger partial charge in [-0.2, -0.15) is 0 Å². The van der Waals surface area contributed by atoms with Crippen molar-refractivity contribution in [1.82, 2.24) is 0 Å². The molecule has 0 amide bonds. The van der Waals surface area contributed by atoms with E-state index in [1.807, 2.05) is 33.8 Å². The molecule has 0 spiro atoms. The first-order chi connectivity index (χ1) is 7.33. The van der Waals surface area contributed by atoms with Crippen molar-refractivity contribution in [3.8, 4) is 11.5 Å². The minimum Gasteiger partial charge on any atom is -0.508 e. The summed E-state index contributed by atoms with van der Waals surface area (Å²) in [5, 5.41) is 9.70. The second-order valence-electron chi connectivity index (χ2n) is 4.95. The SMILES string of the molecule is CC[C@@H](N)c1cc(OC(C)(C)C)ccc1O.Cl. The second-order valence-corrected chi connectivity index (χ2v) is 4.95. The Bertz CT molecular complexity index is 361. The molecule has 0 radical (unpaired) electrons. The summed E-state index contributed by atoms with van der Waals surface area (Å²) >= 11 is 0. The molecular formula is C13H22ClNO2. The number of hydrogen-bond donors (Lipinski definition) is 2. The highest BCUT2D eigenvalue weighted by Crippen LogP contribution is 2.30. The summed E-state index contributed by atoms with van der Waals surface area (Å²) in [5.74, 6) is 0.972. The van der Waals surface area contributed by atoms with E-state index in [1.165, 1.54) is 0 Å². The van der Waals surface area contributed by atoms with Crippen LogP contribution >= 0.6 is 12.4 Å². The molecule has 0 unspecified atom stereocenters. The molecule has 1 rings (SSSR count). The van der Waals surface area contributed by atoms with Gasteiger partial charge >= 0.3 is 0 Å². The molecule has 0 aromatic heterocycles. The maximum Gasteiger partial charge on any atom is 0.120 e. The van der Waals surface area contributed by atoms with E-state index in [1.54, 1.807) is 12.1 Å². The first-order valence-electron chi connectivity index (χ1n) is 5.61. The molecular weight excluding hydrogens is 238 g/mol. The molecule has 0 bridgehead atoms. The molecule has 0 aliphatic rings. The van der Waals surface area contributed by atoms with Crippen LogP contribution in [0.4, 0.5) is 0 Å². The van der Waals surface area contributed by atoms with Gasteiger partial charge in [-0.05, 0) is 45.4 Å². The molecule has 3 N–H and O–H groups in total. The van der Waals surface area contributed by atoms with Crippen molar-refractivity contribution in [2.24, 2.45) is 5.73 Å². The lowest BCUT2D eigenvalue weighted by molar-refractivity contribution is 0.130. The normalized spacial score (nSPS) is 12.8. The van der Waals surface area contributed by atoms with Crippen LogP contribution in [0.5, 0.6) is 11.5 Å². The van der Waals surface area contributed by atoms with E-state index in [0.29, 0.717) is 0 Å². The molecule has 0 saturated heterocycles. The molecule has 0 aliphatic carbocycles. The van der Waals surface area contributed by atoms with Crippen molar-refractivity contribution in [3.63, 3.8) is 0 Å². The number of hydrogen-bond acceptors (Lipinski definition) is 3. The zero-order valence-electron chi connectivity index (χ0n) is 10.9. The van der Waals surface area contributed by atoms with Gasteiger partial charge in [0.05, 0.1) is 0 Å². The van der Waals surface area contributed by atoms with Gasteiger partial charge in [0.25, 0.3) is 0 Å². The second kappa shape index (κ2) is 6.12. The predicted octanol–water partition coefficient (Wildman–Crippen LogP) is 3.40. The van der Waals surface area contributed by atoms with Gasteiger partial charge in [0.1, 0.15) is 17.1 Å². The van der Waals surface area contributed by atoms with Gasteiger partial charge in [0, 0.05) is 11.6 Å². The van der Waals surface area contributed by atoms with Crippen LogP contribution in [0.25, 0.3) is 0 Å². The summed E-state index contributed by atoms with van der Waals surface area (Å²) < 4.78 is 5.73. The molecule has 3 nitrogen and oxygen atoms in total. The Hall–Kier alpha value is -0.930. The number of benzene rings is 1. The molecule has 1 aromatic carbocycles. The van der Waals surface area contributed by atoms with Gasteiger partial charge in [-0.3, -0.25) is 0 Å². The Morgan fingerprint density at radius 2 is 1.94 bits per heavy atom. The highest BCUT2D eigenvalue weighted by atomic mass is 35.5. The topological polar surface area (TPSA) is 55.5 Å². The van der Waals surface area contributed by atoms with Gasteiger partial charge in [-0.1, -0.05) is 6.92 Å². The molecule has 0 aliphatic heterocycles. The van der Waals surface area contributed by atoms with Crippen molar-refractivity contribution in [2.45, 2.75) is 45.8 Å². The van der Waals surface area contributed by atoms with Crippen molar-refractivity contribution in [2.75, 3.05) is 0 Å². The maximum absolute atomic E-state index is 9.70. The monoisotopic (exact) mass is 259 g/mol. The smallest absolute Gasteiger partial charge is 0.120 e. The molecule has 0 fully saturated rings. The number of nitrogens with two attached hydrogens (primary N) is 1. The van der Waals surface area contributed by atoms with Gasteiger partial charge in [-0.15, -0.1) is 12.4 Å². The zero-order chi connectivity index (χ0) is 12.3. The summed E-state index contributed by atoms with van der Waals surface area (Å²) in [5.41, 5.74) is 6.41. The van der Waals surface area contributed by atoms with Crippen molar-refractivity contribution >= 4 is 12.4 Å². The van der Waals surface area contributed by atoms with Crippen LogP contribution in [0.2, 0.25) is 0 Å². The molecule has 17 heavy (non-hydrogen) atoms. The number of aromatic hydroxyl groups is 1. The van der Waals surface area contributed by atoms with Crippen molar-refractivity contribution < 1.29 is 9.84 Å². The fourth-order valence-corrected chi connectivity index (χ4v) is 1.47. The summed E-state index contributed by atoms with van der Waals surface area (Å²) in [7, 11) is 0. The Balaban J connectivity index is 0.00000256. The average Bonchev–Trinajstić information content (AvgIpc) is 2.18. The summed E-state index contributed by atoms with van der Waals surface area (Å²) in [6.45, 7) is 7.94. The third-order valence-electron chi connectivity index (χ3n) is 2.26. The number of phenolic OH excluding ortho intramolecular Hbond substituents is 1. The first kappa shape index (κ1) is 16.1. The van der Waals surface area contributed by atoms with Gasteiger partial charge < -0.3 is 15.6 Å². The van der Waals surface area contributed by atoms with Gasteiger partial charge in [0.15, 0.2) is 0 Å². The minimum absolute atomic E-state index is 0. The molecule has 0 saturated carbocycles. The van der Waals surface area contributed by atoms with Gasteiger partial charge in [-0.25, -0.2) is 0 Å². The predicted molar refractivity (Wildman–Crippen MR) is 73.0 cm³/mol. The van der Waals surface area contributed by atoms with Crippen LogP contribution in [0.1, 0.15) is 45.7 Å². The van der Waals surface area contributed by atoms with Crippen LogP contribution in [-0.2, 0) is 0 Å². The molecule has 98 valence electrons. The highest BCUT2D eigenvalue weighted by molar-refractivity contribution is 5.85. The Morgan fingerprint density at radius 3 is 2.41 bits per heavy atom. The Labute approximate surface area is 109 Å². The zero-order valence-corrected chi connectivity index (χ0v) is 11.7. The standard InChI is InChI=1S/C13H21NO2.ClH/c1-5-11(14)10-8-9(6-7-12(10)15)16-13(2,3)4;/h6-8,11,15H,5,14H2,1-4H3;1H/t11-;/m1./s1. The number of ether oxygens (including phenoxy) is 1. The highest BCUT2D eigenvalue weighted by Gasteiger charge is 2.15. The molecule has 1 aromatic rings. The van der Waals surface area contributed by atoms with Crippen molar-refractivity contribution in [1.29, 1.82) is 0 Å². The molecule has 1 atom stereocenters. The van der Waals surface area contributed by atoms with E-state index in [9.17, 15) is 5.11 Å². The fourth-order valence-electron chi connectivity index (χ4n) is 1.47. The molecule has 0 heterocycles. The minimum atomic E-state index is -0.245. The number of phenols is 1. The van der Waals surface area contributed by atoms with Crippen LogP contribution in [0.3, 0.4) is 0 Å². The van der Waals surface area contributed by atoms with E-state index in [0.717, 1.165) is 17.7 Å². The molecule has 4 heteroatoms. The first-order valence-corrected chi connectivity index (χ1v) is 5.61. The third-order valence-corrected chi connectivity index (χ3v) is 2.26. The van der Waals surface area contributed by atoms with E-state index < -0.39 is 0 Å². The van der Waals surface area contributed by atoms with E-state index in [-0.39, 0.29) is 29.8 Å². The summed E-state index contributed by atoms with van der Waals surface area (Å²) in [6, 6.07) is 5.05. The Morgan fingerprint density at radius 1 is 1.35 bits per heavy atom.